The maximum Gasteiger partial charge on any atom is 0.216 e. The van der Waals surface area contributed by atoms with E-state index in [0.29, 0.717) is 6.54 Å². The molecule has 1 aromatic carbocycles. The largest absolute Gasteiger partial charge is 0.381 e. The summed E-state index contributed by atoms with van der Waals surface area (Å²) in [6, 6.07) is 7.91. The first-order valence-electron chi connectivity index (χ1n) is 6.21. The minimum atomic E-state index is -0.0193. The average molecular weight is 268 g/mol. The molecule has 1 fully saturated rings. The zero-order chi connectivity index (χ0) is 13.0. The highest BCUT2D eigenvalue weighted by Crippen LogP contribution is 2.34. The second-order valence-corrected chi connectivity index (χ2v) is 5.25. The molecule has 0 atom stereocenters. The summed E-state index contributed by atoms with van der Waals surface area (Å²) in [4.78, 5) is 11.2. The van der Waals surface area contributed by atoms with Crippen molar-refractivity contribution in [3.8, 4) is 0 Å². The third-order valence-corrected chi connectivity index (χ3v) is 3.83. The first-order chi connectivity index (χ1) is 8.62. The Labute approximate surface area is 112 Å². The second kappa shape index (κ2) is 5.72. The lowest BCUT2D eigenvalue weighted by atomic mass is 9.74. The van der Waals surface area contributed by atoms with Crippen molar-refractivity contribution in [2.45, 2.75) is 25.2 Å². The van der Waals surface area contributed by atoms with Gasteiger partial charge in [0.25, 0.3) is 0 Å². The van der Waals surface area contributed by atoms with Crippen LogP contribution in [0.5, 0.6) is 0 Å². The molecule has 0 aliphatic carbocycles. The quantitative estimate of drug-likeness (QED) is 0.914. The molecule has 18 heavy (non-hydrogen) atoms. The average Bonchev–Trinajstić information content (AvgIpc) is 2.38. The smallest absolute Gasteiger partial charge is 0.216 e. The zero-order valence-electron chi connectivity index (χ0n) is 10.5. The van der Waals surface area contributed by atoms with Crippen molar-refractivity contribution >= 4 is 17.5 Å². The van der Waals surface area contributed by atoms with Crippen LogP contribution in [0.4, 0.5) is 0 Å². The van der Waals surface area contributed by atoms with Crippen molar-refractivity contribution in [3.63, 3.8) is 0 Å². The van der Waals surface area contributed by atoms with Gasteiger partial charge in [0.2, 0.25) is 5.91 Å². The Morgan fingerprint density at radius 2 is 1.94 bits per heavy atom. The van der Waals surface area contributed by atoms with Crippen LogP contribution in [0.2, 0.25) is 5.02 Å². The van der Waals surface area contributed by atoms with Gasteiger partial charge in [-0.3, -0.25) is 4.79 Å². The van der Waals surface area contributed by atoms with Crippen LogP contribution in [0, 0.1) is 0 Å². The molecule has 1 aliphatic heterocycles. The third-order valence-electron chi connectivity index (χ3n) is 3.58. The topological polar surface area (TPSA) is 38.3 Å². The SMILES string of the molecule is CC(=O)NCC1(c2ccc(Cl)cc2)CCOCC1. The summed E-state index contributed by atoms with van der Waals surface area (Å²) in [5.41, 5.74) is 1.21. The van der Waals surface area contributed by atoms with Gasteiger partial charge in [0.1, 0.15) is 0 Å². The molecule has 0 radical (unpaired) electrons. The molecule has 0 aromatic heterocycles. The maximum atomic E-state index is 11.2. The van der Waals surface area contributed by atoms with E-state index in [-0.39, 0.29) is 11.3 Å². The zero-order valence-corrected chi connectivity index (χ0v) is 11.3. The Morgan fingerprint density at radius 3 is 2.50 bits per heavy atom. The fraction of sp³-hybridized carbons (Fsp3) is 0.500. The Hall–Kier alpha value is -1.06. The summed E-state index contributed by atoms with van der Waals surface area (Å²) in [6.07, 6.45) is 1.85. The molecule has 0 spiro atoms. The van der Waals surface area contributed by atoms with Gasteiger partial charge in [-0.05, 0) is 30.5 Å². The van der Waals surface area contributed by atoms with Crippen molar-refractivity contribution in [3.05, 3.63) is 34.9 Å². The summed E-state index contributed by atoms with van der Waals surface area (Å²) in [7, 11) is 0. The molecule has 1 heterocycles. The van der Waals surface area contributed by atoms with Crippen LogP contribution >= 0.6 is 11.6 Å². The Bertz CT molecular complexity index is 410. The molecule has 4 heteroatoms. The van der Waals surface area contributed by atoms with Crippen molar-refractivity contribution in [1.29, 1.82) is 0 Å². The summed E-state index contributed by atoms with van der Waals surface area (Å²) in [6.45, 7) is 3.69. The highest BCUT2D eigenvalue weighted by molar-refractivity contribution is 6.30. The molecule has 1 amide bonds. The van der Waals surface area contributed by atoms with Gasteiger partial charge in [0, 0.05) is 37.1 Å². The van der Waals surface area contributed by atoms with E-state index in [1.165, 1.54) is 5.56 Å². The predicted molar refractivity (Wildman–Crippen MR) is 71.9 cm³/mol. The van der Waals surface area contributed by atoms with Crippen LogP contribution in [-0.2, 0) is 14.9 Å². The summed E-state index contributed by atoms with van der Waals surface area (Å²) >= 11 is 5.93. The lowest BCUT2D eigenvalue weighted by Crippen LogP contribution is -2.44. The molecule has 0 bridgehead atoms. The van der Waals surface area contributed by atoms with E-state index in [0.717, 1.165) is 31.1 Å². The first-order valence-corrected chi connectivity index (χ1v) is 6.58. The van der Waals surface area contributed by atoms with E-state index in [1.54, 1.807) is 6.92 Å². The highest BCUT2D eigenvalue weighted by atomic mass is 35.5. The van der Waals surface area contributed by atoms with Gasteiger partial charge in [0.05, 0.1) is 0 Å². The van der Waals surface area contributed by atoms with E-state index in [1.807, 2.05) is 12.1 Å². The molecule has 3 nitrogen and oxygen atoms in total. The van der Waals surface area contributed by atoms with Crippen LogP contribution < -0.4 is 5.32 Å². The minimum absolute atomic E-state index is 0.00910. The summed E-state index contributed by atoms with van der Waals surface area (Å²) in [5.74, 6) is 0.00910. The Balaban J connectivity index is 2.22. The molecule has 1 aliphatic rings. The van der Waals surface area contributed by atoms with Gasteiger partial charge in [-0.15, -0.1) is 0 Å². The first kappa shape index (κ1) is 13.4. The lowest BCUT2D eigenvalue weighted by Gasteiger charge is -2.37. The van der Waals surface area contributed by atoms with Gasteiger partial charge in [-0.1, -0.05) is 23.7 Å². The lowest BCUT2D eigenvalue weighted by molar-refractivity contribution is -0.119. The van der Waals surface area contributed by atoms with E-state index in [9.17, 15) is 4.79 Å². The van der Waals surface area contributed by atoms with Crippen LogP contribution in [0.3, 0.4) is 0 Å². The number of benzene rings is 1. The Morgan fingerprint density at radius 1 is 1.33 bits per heavy atom. The van der Waals surface area contributed by atoms with E-state index >= 15 is 0 Å². The maximum absolute atomic E-state index is 11.2. The van der Waals surface area contributed by atoms with Crippen molar-refractivity contribution in [2.75, 3.05) is 19.8 Å². The van der Waals surface area contributed by atoms with Gasteiger partial charge in [-0.2, -0.15) is 0 Å². The number of hydrogen-bond donors (Lipinski definition) is 1. The van der Waals surface area contributed by atoms with E-state index < -0.39 is 0 Å². The summed E-state index contributed by atoms with van der Waals surface area (Å²) in [5, 5.41) is 3.68. The molecular formula is C14H18ClNO2. The normalized spacial score (nSPS) is 18.3. The van der Waals surface area contributed by atoms with Crippen LogP contribution in [-0.4, -0.2) is 25.7 Å². The molecule has 1 saturated heterocycles. The second-order valence-electron chi connectivity index (χ2n) is 4.81. The number of hydrogen-bond acceptors (Lipinski definition) is 2. The third kappa shape index (κ3) is 3.03. The summed E-state index contributed by atoms with van der Waals surface area (Å²) < 4.78 is 5.44. The molecule has 1 N–H and O–H groups in total. The van der Waals surface area contributed by atoms with Crippen molar-refractivity contribution < 1.29 is 9.53 Å². The highest BCUT2D eigenvalue weighted by Gasteiger charge is 2.34. The van der Waals surface area contributed by atoms with Gasteiger partial charge < -0.3 is 10.1 Å². The molecule has 98 valence electrons. The van der Waals surface area contributed by atoms with Crippen LogP contribution in [0.15, 0.2) is 24.3 Å². The van der Waals surface area contributed by atoms with Gasteiger partial charge >= 0.3 is 0 Å². The van der Waals surface area contributed by atoms with Crippen molar-refractivity contribution in [2.24, 2.45) is 0 Å². The standard InChI is InChI=1S/C14H18ClNO2/c1-11(17)16-10-14(6-8-18-9-7-14)12-2-4-13(15)5-3-12/h2-5H,6-10H2,1H3,(H,16,17). The number of ether oxygens (including phenoxy) is 1. The van der Waals surface area contributed by atoms with E-state index in [2.05, 4.69) is 17.4 Å². The van der Waals surface area contributed by atoms with E-state index in [4.69, 9.17) is 16.3 Å². The number of rotatable bonds is 3. The Kier molecular flexibility index (Phi) is 4.25. The minimum Gasteiger partial charge on any atom is -0.381 e. The number of carbonyl (C=O) groups is 1. The number of carbonyl (C=O) groups excluding carboxylic acids is 1. The molecule has 0 unspecified atom stereocenters. The molecule has 2 rings (SSSR count). The monoisotopic (exact) mass is 267 g/mol. The molecule has 1 aromatic rings. The number of amides is 1. The van der Waals surface area contributed by atoms with Crippen LogP contribution in [0.25, 0.3) is 0 Å². The van der Waals surface area contributed by atoms with Gasteiger partial charge in [0.15, 0.2) is 0 Å². The van der Waals surface area contributed by atoms with Gasteiger partial charge in [-0.25, -0.2) is 0 Å². The van der Waals surface area contributed by atoms with Crippen molar-refractivity contribution in [1.82, 2.24) is 5.32 Å². The number of halogens is 1. The number of nitrogens with one attached hydrogen (secondary N) is 1. The fourth-order valence-corrected chi connectivity index (χ4v) is 2.55. The molecular weight excluding hydrogens is 250 g/mol. The molecule has 0 saturated carbocycles. The van der Waals surface area contributed by atoms with Crippen LogP contribution in [0.1, 0.15) is 25.3 Å². The fourth-order valence-electron chi connectivity index (χ4n) is 2.43. The predicted octanol–water partition coefficient (Wildman–Crippen LogP) is 2.52.